The summed E-state index contributed by atoms with van der Waals surface area (Å²) in [5, 5.41) is 4.02. The first kappa shape index (κ1) is 14.8. The zero-order valence-electron chi connectivity index (χ0n) is 10.5. The Labute approximate surface area is 112 Å². The lowest BCUT2D eigenvalue weighted by atomic mass is 9.95. The number of halogens is 2. The van der Waals surface area contributed by atoms with E-state index in [2.05, 4.69) is 18.5 Å². The van der Waals surface area contributed by atoms with Gasteiger partial charge >= 0.3 is 0 Å². The molecule has 0 bridgehead atoms. The normalized spacial score (nSPS) is 14.6. The molecule has 0 aliphatic carbocycles. The third-order valence-electron chi connectivity index (χ3n) is 2.72. The van der Waals surface area contributed by atoms with Gasteiger partial charge in [-0.15, -0.1) is 0 Å². The van der Waals surface area contributed by atoms with Gasteiger partial charge in [0.2, 0.25) is 0 Å². The maximum Gasteiger partial charge on any atom is 0.123 e. The molecule has 17 heavy (non-hydrogen) atoms. The molecule has 0 amide bonds. The van der Waals surface area contributed by atoms with Crippen LogP contribution in [-0.2, 0) is 0 Å². The van der Waals surface area contributed by atoms with Crippen molar-refractivity contribution in [1.29, 1.82) is 0 Å². The van der Waals surface area contributed by atoms with Gasteiger partial charge in [-0.2, -0.15) is 11.8 Å². The van der Waals surface area contributed by atoms with Gasteiger partial charge in [0, 0.05) is 11.1 Å². The molecule has 0 spiro atoms. The summed E-state index contributed by atoms with van der Waals surface area (Å²) < 4.78 is 13.3. The lowest BCUT2D eigenvalue weighted by Gasteiger charge is -2.25. The van der Waals surface area contributed by atoms with Gasteiger partial charge in [0.1, 0.15) is 5.82 Å². The van der Waals surface area contributed by atoms with E-state index in [-0.39, 0.29) is 11.9 Å². The average molecular weight is 276 g/mol. The van der Waals surface area contributed by atoms with Crippen LogP contribution < -0.4 is 5.32 Å². The van der Waals surface area contributed by atoms with Crippen molar-refractivity contribution in [2.75, 3.05) is 18.6 Å². The SMILES string of the molecule is CCNC(c1cc(F)ccc1Cl)C(C)CSC. The van der Waals surface area contributed by atoms with Crippen LogP contribution >= 0.6 is 23.4 Å². The number of rotatable bonds is 6. The molecular formula is C13H19ClFNS. The lowest BCUT2D eigenvalue weighted by Crippen LogP contribution is -2.28. The highest BCUT2D eigenvalue weighted by Gasteiger charge is 2.20. The number of hydrogen-bond acceptors (Lipinski definition) is 2. The Morgan fingerprint density at radius 2 is 2.18 bits per heavy atom. The number of hydrogen-bond donors (Lipinski definition) is 1. The molecule has 1 nitrogen and oxygen atoms in total. The van der Waals surface area contributed by atoms with Crippen molar-refractivity contribution >= 4 is 23.4 Å². The summed E-state index contributed by atoms with van der Waals surface area (Å²) in [6, 6.07) is 4.67. The van der Waals surface area contributed by atoms with Gasteiger partial charge in [-0.1, -0.05) is 25.4 Å². The number of thioether (sulfide) groups is 1. The molecule has 0 fully saturated rings. The zero-order chi connectivity index (χ0) is 12.8. The summed E-state index contributed by atoms with van der Waals surface area (Å²) >= 11 is 7.95. The summed E-state index contributed by atoms with van der Waals surface area (Å²) in [6.45, 7) is 5.05. The van der Waals surface area contributed by atoms with Gasteiger partial charge in [0.05, 0.1) is 0 Å². The van der Waals surface area contributed by atoms with E-state index < -0.39 is 0 Å². The van der Waals surface area contributed by atoms with E-state index in [4.69, 9.17) is 11.6 Å². The Morgan fingerprint density at radius 3 is 2.76 bits per heavy atom. The molecule has 1 aromatic carbocycles. The highest BCUT2D eigenvalue weighted by molar-refractivity contribution is 7.98. The van der Waals surface area contributed by atoms with Crippen LogP contribution in [0.3, 0.4) is 0 Å². The molecule has 0 heterocycles. The van der Waals surface area contributed by atoms with E-state index in [1.165, 1.54) is 12.1 Å². The van der Waals surface area contributed by atoms with Crippen molar-refractivity contribution in [3.05, 3.63) is 34.6 Å². The fourth-order valence-electron chi connectivity index (χ4n) is 1.95. The van der Waals surface area contributed by atoms with Crippen LogP contribution in [-0.4, -0.2) is 18.6 Å². The monoisotopic (exact) mass is 275 g/mol. The summed E-state index contributed by atoms with van der Waals surface area (Å²) in [4.78, 5) is 0. The zero-order valence-corrected chi connectivity index (χ0v) is 12.0. The van der Waals surface area contributed by atoms with Gasteiger partial charge in [0.15, 0.2) is 0 Å². The van der Waals surface area contributed by atoms with Crippen LogP contribution in [0.2, 0.25) is 5.02 Å². The topological polar surface area (TPSA) is 12.0 Å². The van der Waals surface area contributed by atoms with Gasteiger partial charge in [-0.25, -0.2) is 4.39 Å². The lowest BCUT2D eigenvalue weighted by molar-refractivity contribution is 0.426. The molecule has 96 valence electrons. The van der Waals surface area contributed by atoms with Gasteiger partial charge in [-0.05, 0) is 48.2 Å². The molecule has 0 aromatic heterocycles. The first-order chi connectivity index (χ1) is 8.10. The maximum atomic E-state index is 13.3. The summed E-state index contributed by atoms with van der Waals surface area (Å²) in [7, 11) is 0. The van der Waals surface area contributed by atoms with Crippen LogP contribution in [0.4, 0.5) is 4.39 Å². The minimum atomic E-state index is -0.233. The molecule has 2 atom stereocenters. The molecule has 1 rings (SSSR count). The van der Waals surface area contributed by atoms with E-state index >= 15 is 0 Å². The second-order valence-corrected chi connectivity index (χ2v) is 5.45. The molecule has 1 aromatic rings. The maximum absolute atomic E-state index is 13.3. The summed E-state index contributed by atoms with van der Waals surface area (Å²) in [5.41, 5.74) is 0.857. The fraction of sp³-hybridized carbons (Fsp3) is 0.538. The van der Waals surface area contributed by atoms with Crippen molar-refractivity contribution in [3.63, 3.8) is 0 Å². The fourth-order valence-corrected chi connectivity index (χ4v) is 2.90. The van der Waals surface area contributed by atoms with E-state index in [9.17, 15) is 4.39 Å². The largest absolute Gasteiger partial charge is 0.310 e. The molecule has 0 aliphatic heterocycles. The van der Waals surface area contributed by atoms with Crippen LogP contribution in [0.5, 0.6) is 0 Å². The highest BCUT2D eigenvalue weighted by Crippen LogP contribution is 2.30. The smallest absolute Gasteiger partial charge is 0.123 e. The quantitative estimate of drug-likeness (QED) is 0.838. The third-order valence-corrected chi connectivity index (χ3v) is 3.92. The van der Waals surface area contributed by atoms with Crippen LogP contribution in [0.1, 0.15) is 25.5 Å². The first-order valence-corrected chi connectivity index (χ1v) is 7.54. The highest BCUT2D eigenvalue weighted by atomic mass is 35.5. The first-order valence-electron chi connectivity index (χ1n) is 5.77. The van der Waals surface area contributed by atoms with Crippen molar-refractivity contribution < 1.29 is 4.39 Å². The predicted molar refractivity (Wildman–Crippen MR) is 75.4 cm³/mol. The molecule has 0 saturated heterocycles. The van der Waals surface area contributed by atoms with Crippen LogP contribution in [0.15, 0.2) is 18.2 Å². The Hall–Kier alpha value is -0.250. The van der Waals surface area contributed by atoms with E-state index in [1.54, 1.807) is 17.8 Å². The molecule has 1 N–H and O–H groups in total. The van der Waals surface area contributed by atoms with Crippen molar-refractivity contribution in [2.45, 2.75) is 19.9 Å². The molecular weight excluding hydrogens is 257 g/mol. The van der Waals surface area contributed by atoms with Crippen LogP contribution in [0.25, 0.3) is 0 Å². The Kier molecular flexibility index (Phi) is 6.31. The summed E-state index contributed by atoms with van der Waals surface area (Å²) in [6.07, 6.45) is 2.08. The van der Waals surface area contributed by atoms with E-state index in [0.717, 1.165) is 17.9 Å². The van der Waals surface area contributed by atoms with E-state index in [0.29, 0.717) is 10.9 Å². The third kappa shape index (κ3) is 4.16. The predicted octanol–water partition coefficient (Wildman–Crippen LogP) is 4.13. The molecule has 0 aliphatic rings. The van der Waals surface area contributed by atoms with Crippen molar-refractivity contribution in [1.82, 2.24) is 5.32 Å². The minimum absolute atomic E-state index is 0.107. The molecule has 4 heteroatoms. The second-order valence-electron chi connectivity index (χ2n) is 4.13. The Bertz CT molecular complexity index is 359. The minimum Gasteiger partial charge on any atom is -0.310 e. The Morgan fingerprint density at radius 1 is 1.47 bits per heavy atom. The molecule has 0 saturated carbocycles. The van der Waals surface area contributed by atoms with E-state index in [1.807, 2.05) is 6.92 Å². The summed E-state index contributed by atoms with van der Waals surface area (Å²) in [5.74, 6) is 1.19. The number of nitrogens with one attached hydrogen (secondary N) is 1. The average Bonchev–Trinajstić information content (AvgIpc) is 2.30. The van der Waals surface area contributed by atoms with Gasteiger partial charge in [0.25, 0.3) is 0 Å². The standard InChI is InChI=1S/C13H19ClFNS/c1-4-16-13(9(2)8-17-3)11-7-10(15)5-6-12(11)14/h5-7,9,13,16H,4,8H2,1-3H3. The van der Waals surface area contributed by atoms with Crippen LogP contribution in [0, 0.1) is 11.7 Å². The molecule has 0 radical (unpaired) electrons. The Balaban J connectivity index is 2.99. The van der Waals surface area contributed by atoms with Crippen molar-refractivity contribution in [3.8, 4) is 0 Å². The molecule has 2 unspecified atom stereocenters. The second kappa shape index (κ2) is 7.24. The van der Waals surface area contributed by atoms with Crippen molar-refractivity contribution in [2.24, 2.45) is 5.92 Å². The number of benzene rings is 1. The van der Waals surface area contributed by atoms with Gasteiger partial charge < -0.3 is 5.32 Å². The van der Waals surface area contributed by atoms with Gasteiger partial charge in [-0.3, -0.25) is 0 Å².